The Morgan fingerprint density at radius 3 is 2.41 bits per heavy atom. The molecular formula is C17H13BrNO3. The van der Waals surface area contributed by atoms with E-state index in [-0.39, 0.29) is 18.4 Å². The fourth-order valence-electron chi connectivity index (χ4n) is 2.36. The van der Waals surface area contributed by atoms with E-state index in [4.69, 9.17) is 4.74 Å². The first-order chi connectivity index (χ1) is 10.7. The van der Waals surface area contributed by atoms with Gasteiger partial charge in [0.2, 0.25) is 0 Å². The molecule has 1 radical (unpaired) electrons. The van der Waals surface area contributed by atoms with Crippen LogP contribution in [0.4, 0.5) is 0 Å². The van der Waals surface area contributed by atoms with Gasteiger partial charge in [-0.3, -0.25) is 14.5 Å². The predicted molar refractivity (Wildman–Crippen MR) is 84.4 cm³/mol. The van der Waals surface area contributed by atoms with Crippen LogP contribution in [0.25, 0.3) is 0 Å². The van der Waals surface area contributed by atoms with Gasteiger partial charge >= 0.3 is 0 Å². The summed E-state index contributed by atoms with van der Waals surface area (Å²) in [6, 6.07) is 15.5. The van der Waals surface area contributed by atoms with Gasteiger partial charge in [0.05, 0.1) is 30.9 Å². The van der Waals surface area contributed by atoms with Crippen LogP contribution < -0.4 is 0 Å². The highest BCUT2D eigenvalue weighted by Gasteiger charge is 2.34. The van der Waals surface area contributed by atoms with Crippen LogP contribution in [0.1, 0.15) is 26.3 Å². The molecule has 5 heteroatoms. The van der Waals surface area contributed by atoms with Crippen molar-refractivity contribution in [1.29, 1.82) is 0 Å². The highest BCUT2D eigenvalue weighted by Crippen LogP contribution is 2.22. The first kappa shape index (κ1) is 14.9. The number of imide groups is 1. The molecule has 2 amide bonds. The largest absolute Gasteiger partial charge is 0.375 e. The van der Waals surface area contributed by atoms with Crippen LogP contribution in [0.15, 0.2) is 46.9 Å². The second kappa shape index (κ2) is 6.42. The Labute approximate surface area is 136 Å². The molecule has 0 spiro atoms. The summed E-state index contributed by atoms with van der Waals surface area (Å²) in [5, 5.41) is 0. The van der Waals surface area contributed by atoms with Gasteiger partial charge < -0.3 is 4.74 Å². The van der Waals surface area contributed by atoms with Gasteiger partial charge in [-0.1, -0.05) is 40.2 Å². The molecule has 111 valence electrons. The minimum absolute atomic E-state index is 0.249. The molecule has 2 aromatic carbocycles. The molecule has 0 aliphatic carbocycles. The zero-order valence-electron chi connectivity index (χ0n) is 11.7. The fourth-order valence-corrected chi connectivity index (χ4v) is 2.78. The normalized spacial score (nSPS) is 13.6. The van der Waals surface area contributed by atoms with Crippen molar-refractivity contribution in [2.75, 3.05) is 13.2 Å². The maximum absolute atomic E-state index is 12.2. The van der Waals surface area contributed by atoms with Gasteiger partial charge in [0.1, 0.15) is 0 Å². The molecule has 1 aliphatic heterocycles. The van der Waals surface area contributed by atoms with Gasteiger partial charge in [-0.05, 0) is 29.8 Å². The van der Waals surface area contributed by atoms with E-state index in [2.05, 4.69) is 22.0 Å². The Hall–Kier alpha value is -1.98. The topological polar surface area (TPSA) is 46.6 Å². The number of halogens is 1. The molecule has 0 aromatic heterocycles. The Bertz CT molecular complexity index is 694. The SMILES string of the molecule is O=C1c2ccccc2C(=O)N1CCOCc1cc[c]c(Br)c1. The fraction of sp³-hybridized carbons (Fsp3) is 0.176. The molecule has 0 saturated heterocycles. The van der Waals surface area contributed by atoms with Crippen LogP contribution in [-0.2, 0) is 11.3 Å². The molecule has 3 rings (SSSR count). The van der Waals surface area contributed by atoms with E-state index in [9.17, 15) is 9.59 Å². The Kier molecular flexibility index (Phi) is 4.36. The number of carbonyl (C=O) groups is 2. The van der Waals surface area contributed by atoms with Crippen molar-refractivity contribution in [3.05, 3.63) is 69.7 Å². The Balaban J connectivity index is 1.55. The standard InChI is InChI=1S/C17H13BrNO3/c18-13-5-3-4-12(10-13)11-22-9-8-19-16(20)14-6-1-2-7-15(14)17(19)21/h1-4,6-7,10H,8-9,11H2. The van der Waals surface area contributed by atoms with E-state index in [1.165, 1.54) is 4.90 Å². The smallest absolute Gasteiger partial charge is 0.261 e. The van der Waals surface area contributed by atoms with Crippen molar-refractivity contribution in [1.82, 2.24) is 4.90 Å². The van der Waals surface area contributed by atoms with Gasteiger partial charge in [-0.2, -0.15) is 0 Å². The highest BCUT2D eigenvalue weighted by molar-refractivity contribution is 9.10. The number of ether oxygens (including phenoxy) is 1. The van der Waals surface area contributed by atoms with E-state index in [1.807, 2.05) is 18.2 Å². The zero-order chi connectivity index (χ0) is 15.5. The number of amides is 2. The number of rotatable bonds is 5. The first-order valence-corrected chi connectivity index (χ1v) is 7.65. The molecule has 22 heavy (non-hydrogen) atoms. The van der Waals surface area contributed by atoms with E-state index < -0.39 is 0 Å². The average molecular weight is 359 g/mol. The maximum Gasteiger partial charge on any atom is 0.261 e. The van der Waals surface area contributed by atoms with Crippen LogP contribution in [0, 0.1) is 6.07 Å². The van der Waals surface area contributed by atoms with Crippen molar-refractivity contribution in [3.63, 3.8) is 0 Å². The number of hydrogen-bond donors (Lipinski definition) is 0. The van der Waals surface area contributed by atoms with E-state index in [0.717, 1.165) is 10.0 Å². The average Bonchev–Trinajstić information content (AvgIpc) is 2.77. The van der Waals surface area contributed by atoms with Crippen molar-refractivity contribution in [2.24, 2.45) is 0 Å². The lowest BCUT2D eigenvalue weighted by atomic mass is 10.1. The molecule has 0 atom stereocenters. The lowest BCUT2D eigenvalue weighted by Crippen LogP contribution is -2.33. The summed E-state index contributed by atoms with van der Waals surface area (Å²) < 4.78 is 6.42. The van der Waals surface area contributed by atoms with Gasteiger partial charge in [0.15, 0.2) is 0 Å². The molecule has 0 saturated carbocycles. The maximum atomic E-state index is 12.2. The third kappa shape index (κ3) is 2.96. The van der Waals surface area contributed by atoms with E-state index >= 15 is 0 Å². The minimum atomic E-state index is -0.249. The molecule has 0 bridgehead atoms. The molecule has 1 aliphatic rings. The van der Waals surface area contributed by atoms with Gasteiger partial charge in [0.25, 0.3) is 11.8 Å². The molecule has 0 N–H and O–H groups in total. The van der Waals surface area contributed by atoms with Crippen molar-refractivity contribution >= 4 is 27.7 Å². The number of nitrogens with zero attached hydrogens (tertiary/aromatic N) is 1. The summed E-state index contributed by atoms with van der Waals surface area (Å²) in [7, 11) is 0. The lowest BCUT2D eigenvalue weighted by molar-refractivity contribution is 0.0545. The summed E-state index contributed by atoms with van der Waals surface area (Å²) in [4.78, 5) is 25.5. The number of carbonyl (C=O) groups excluding carboxylic acids is 2. The third-order valence-corrected chi connectivity index (χ3v) is 3.89. The van der Waals surface area contributed by atoms with Crippen LogP contribution >= 0.6 is 15.9 Å². The second-order valence-corrected chi connectivity index (χ2v) is 5.76. The minimum Gasteiger partial charge on any atom is -0.375 e. The molecule has 4 nitrogen and oxygen atoms in total. The predicted octanol–water partition coefficient (Wildman–Crippen LogP) is 3.06. The van der Waals surface area contributed by atoms with Crippen molar-refractivity contribution in [3.8, 4) is 0 Å². The van der Waals surface area contributed by atoms with Gasteiger partial charge in [-0.25, -0.2) is 0 Å². The highest BCUT2D eigenvalue weighted by atomic mass is 79.9. The quantitative estimate of drug-likeness (QED) is 0.609. The summed E-state index contributed by atoms with van der Waals surface area (Å²) in [5.41, 5.74) is 1.94. The van der Waals surface area contributed by atoms with Crippen LogP contribution in [-0.4, -0.2) is 29.9 Å². The van der Waals surface area contributed by atoms with Crippen LogP contribution in [0.5, 0.6) is 0 Å². The molecule has 0 fully saturated rings. The Morgan fingerprint density at radius 1 is 1.09 bits per heavy atom. The third-order valence-electron chi connectivity index (χ3n) is 3.44. The summed E-state index contributed by atoms with van der Waals surface area (Å²) in [6.07, 6.45) is 0. The molecule has 2 aromatic rings. The van der Waals surface area contributed by atoms with Gasteiger partial charge in [0, 0.05) is 4.47 Å². The number of hydrogen-bond acceptors (Lipinski definition) is 3. The summed E-state index contributed by atoms with van der Waals surface area (Å²) in [6.45, 7) is 0.991. The lowest BCUT2D eigenvalue weighted by Gasteiger charge is -2.13. The van der Waals surface area contributed by atoms with Crippen molar-refractivity contribution in [2.45, 2.75) is 6.61 Å². The second-order valence-electron chi connectivity index (χ2n) is 4.90. The summed E-state index contributed by atoms with van der Waals surface area (Å²) in [5.74, 6) is -0.498. The van der Waals surface area contributed by atoms with E-state index in [1.54, 1.807) is 24.3 Å². The van der Waals surface area contributed by atoms with Crippen LogP contribution in [0.3, 0.4) is 0 Å². The molecular weight excluding hydrogens is 346 g/mol. The molecule has 1 heterocycles. The first-order valence-electron chi connectivity index (χ1n) is 6.86. The van der Waals surface area contributed by atoms with Crippen molar-refractivity contribution < 1.29 is 14.3 Å². The molecule has 0 unspecified atom stereocenters. The number of fused-ring (bicyclic) bond motifs is 1. The van der Waals surface area contributed by atoms with E-state index in [0.29, 0.717) is 24.3 Å². The Morgan fingerprint density at radius 2 is 1.77 bits per heavy atom. The monoisotopic (exact) mass is 358 g/mol. The zero-order valence-corrected chi connectivity index (χ0v) is 13.3. The summed E-state index contributed by atoms with van der Waals surface area (Å²) >= 11 is 3.35. The van der Waals surface area contributed by atoms with Gasteiger partial charge in [-0.15, -0.1) is 0 Å². The number of benzene rings is 2. The van der Waals surface area contributed by atoms with Crippen LogP contribution in [0.2, 0.25) is 0 Å².